The Kier molecular flexibility index (Phi) is 3.40. The standard InChI is InChI=1S/C13H21NO/c1-9-10(2)12(15-5)7-6-11(9)8-13(3,4)14/h6-7H,8,14H2,1-5H3. The maximum Gasteiger partial charge on any atom is 0.122 e. The molecule has 0 amide bonds. The molecule has 0 saturated carbocycles. The number of hydrogen-bond acceptors (Lipinski definition) is 2. The van der Waals surface area contributed by atoms with Crippen molar-refractivity contribution in [2.24, 2.45) is 5.73 Å². The van der Waals surface area contributed by atoms with Crippen LogP contribution in [-0.2, 0) is 6.42 Å². The van der Waals surface area contributed by atoms with E-state index in [0.29, 0.717) is 0 Å². The molecule has 0 aliphatic carbocycles. The van der Waals surface area contributed by atoms with Gasteiger partial charge in [0.1, 0.15) is 5.75 Å². The van der Waals surface area contributed by atoms with Crippen molar-refractivity contribution >= 4 is 0 Å². The van der Waals surface area contributed by atoms with E-state index in [4.69, 9.17) is 10.5 Å². The van der Waals surface area contributed by atoms with E-state index in [-0.39, 0.29) is 5.54 Å². The van der Waals surface area contributed by atoms with Crippen LogP contribution < -0.4 is 10.5 Å². The lowest BCUT2D eigenvalue weighted by Gasteiger charge is -2.21. The van der Waals surface area contributed by atoms with Gasteiger partial charge in [0.05, 0.1) is 7.11 Å². The second-order valence-corrected chi connectivity index (χ2v) is 4.84. The Hall–Kier alpha value is -1.02. The highest BCUT2D eigenvalue weighted by atomic mass is 16.5. The predicted octanol–water partition coefficient (Wildman–Crippen LogP) is 2.59. The summed E-state index contributed by atoms with van der Waals surface area (Å²) in [4.78, 5) is 0. The van der Waals surface area contributed by atoms with E-state index in [2.05, 4.69) is 19.9 Å². The largest absolute Gasteiger partial charge is 0.496 e. The highest BCUT2D eigenvalue weighted by Crippen LogP contribution is 2.25. The maximum atomic E-state index is 6.03. The molecule has 84 valence electrons. The Morgan fingerprint density at radius 1 is 1.20 bits per heavy atom. The van der Waals surface area contributed by atoms with E-state index in [9.17, 15) is 0 Å². The van der Waals surface area contributed by atoms with Gasteiger partial charge in [-0.1, -0.05) is 6.07 Å². The van der Waals surface area contributed by atoms with Gasteiger partial charge in [-0.25, -0.2) is 0 Å². The van der Waals surface area contributed by atoms with Gasteiger partial charge >= 0.3 is 0 Å². The van der Waals surface area contributed by atoms with E-state index in [1.54, 1.807) is 7.11 Å². The fourth-order valence-corrected chi connectivity index (χ4v) is 1.76. The molecule has 2 N–H and O–H groups in total. The molecule has 1 rings (SSSR count). The first kappa shape index (κ1) is 12.1. The minimum atomic E-state index is -0.161. The highest BCUT2D eigenvalue weighted by molar-refractivity contribution is 5.44. The first-order chi connectivity index (χ1) is 6.85. The molecule has 0 radical (unpaired) electrons. The molecule has 0 fully saturated rings. The van der Waals surface area contributed by atoms with Gasteiger partial charge < -0.3 is 10.5 Å². The number of rotatable bonds is 3. The van der Waals surface area contributed by atoms with Crippen LogP contribution in [0.2, 0.25) is 0 Å². The molecule has 0 aromatic heterocycles. The van der Waals surface area contributed by atoms with Crippen molar-refractivity contribution < 1.29 is 4.74 Å². The zero-order valence-corrected chi connectivity index (χ0v) is 10.3. The summed E-state index contributed by atoms with van der Waals surface area (Å²) in [6, 6.07) is 4.12. The maximum absolute atomic E-state index is 6.03. The van der Waals surface area contributed by atoms with Crippen molar-refractivity contribution in [2.75, 3.05) is 7.11 Å². The monoisotopic (exact) mass is 207 g/mol. The number of hydrogen-bond donors (Lipinski definition) is 1. The third kappa shape index (κ3) is 2.96. The number of ether oxygens (including phenoxy) is 1. The summed E-state index contributed by atoms with van der Waals surface area (Å²) in [6.07, 6.45) is 0.893. The summed E-state index contributed by atoms with van der Waals surface area (Å²) in [7, 11) is 1.70. The minimum absolute atomic E-state index is 0.161. The number of benzene rings is 1. The first-order valence-electron chi connectivity index (χ1n) is 5.27. The Labute approximate surface area is 92.4 Å². The highest BCUT2D eigenvalue weighted by Gasteiger charge is 2.15. The predicted molar refractivity (Wildman–Crippen MR) is 64.4 cm³/mol. The van der Waals surface area contributed by atoms with Crippen molar-refractivity contribution in [3.63, 3.8) is 0 Å². The van der Waals surface area contributed by atoms with Gasteiger partial charge in [-0.2, -0.15) is 0 Å². The van der Waals surface area contributed by atoms with Gasteiger partial charge in [0.2, 0.25) is 0 Å². The molecule has 1 aromatic carbocycles. The van der Waals surface area contributed by atoms with E-state index >= 15 is 0 Å². The fourth-order valence-electron chi connectivity index (χ4n) is 1.76. The Morgan fingerprint density at radius 3 is 2.27 bits per heavy atom. The lowest BCUT2D eigenvalue weighted by atomic mass is 9.91. The molecule has 0 unspecified atom stereocenters. The van der Waals surface area contributed by atoms with Gasteiger partial charge in [-0.15, -0.1) is 0 Å². The smallest absolute Gasteiger partial charge is 0.122 e. The summed E-state index contributed by atoms with van der Waals surface area (Å²) in [6.45, 7) is 8.30. The summed E-state index contributed by atoms with van der Waals surface area (Å²) in [5.74, 6) is 0.950. The van der Waals surface area contributed by atoms with Gasteiger partial charge in [-0.05, 0) is 56.9 Å². The van der Waals surface area contributed by atoms with Gasteiger partial charge in [0, 0.05) is 5.54 Å². The van der Waals surface area contributed by atoms with Crippen LogP contribution in [-0.4, -0.2) is 12.6 Å². The molecule has 0 heterocycles. The second kappa shape index (κ2) is 4.23. The van der Waals surface area contributed by atoms with Gasteiger partial charge in [-0.3, -0.25) is 0 Å². The second-order valence-electron chi connectivity index (χ2n) is 4.84. The normalized spacial score (nSPS) is 11.6. The minimum Gasteiger partial charge on any atom is -0.496 e. The van der Waals surface area contributed by atoms with E-state index < -0.39 is 0 Å². The Balaban J connectivity index is 3.07. The van der Waals surface area contributed by atoms with Crippen molar-refractivity contribution in [3.05, 3.63) is 28.8 Å². The molecule has 2 heteroatoms. The van der Waals surface area contributed by atoms with E-state index in [1.807, 2.05) is 19.9 Å². The third-order valence-corrected chi connectivity index (χ3v) is 2.72. The molecule has 15 heavy (non-hydrogen) atoms. The van der Waals surface area contributed by atoms with Crippen LogP contribution in [0.4, 0.5) is 0 Å². The summed E-state index contributed by atoms with van der Waals surface area (Å²) in [5, 5.41) is 0. The van der Waals surface area contributed by atoms with Crippen LogP contribution in [0.1, 0.15) is 30.5 Å². The van der Waals surface area contributed by atoms with Crippen LogP contribution in [0.15, 0.2) is 12.1 Å². The van der Waals surface area contributed by atoms with E-state index in [0.717, 1.165) is 12.2 Å². The SMILES string of the molecule is COc1ccc(CC(C)(C)N)c(C)c1C. The molecule has 0 aliphatic heterocycles. The molecular formula is C13H21NO. The average molecular weight is 207 g/mol. The molecule has 0 aliphatic rings. The lowest BCUT2D eigenvalue weighted by molar-refractivity contribution is 0.410. The molecule has 0 spiro atoms. The average Bonchev–Trinajstić information content (AvgIpc) is 2.11. The Bertz CT molecular complexity index is 350. The van der Waals surface area contributed by atoms with Crippen LogP contribution in [0, 0.1) is 13.8 Å². The van der Waals surface area contributed by atoms with Crippen LogP contribution >= 0.6 is 0 Å². The topological polar surface area (TPSA) is 35.2 Å². The van der Waals surface area contributed by atoms with Crippen molar-refractivity contribution in [1.29, 1.82) is 0 Å². The summed E-state index contributed by atoms with van der Waals surface area (Å²) in [5.41, 5.74) is 9.66. The van der Waals surface area contributed by atoms with Crippen molar-refractivity contribution in [2.45, 2.75) is 39.7 Å². The van der Waals surface area contributed by atoms with Gasteiger partial charge in [0.15, 0.2) is 0 Å². The number of methoxy groups -OCH3 is 1. The van der Waals surface area contributed by atoms with Crippen molar-refractivity contribution in [1.82, 2.24) is 0 Å². The summed E-state index contributed by atoms with van der Waals surface area (Å²) < 4.78 is 5.28. The Morgan fingerprint density at radius 2 is 1.80 bits per heavy atom. The van der Waals surface area contributed by atoms with Crippen LogP contribution in [0.3, 0.4) is 0 Å². The molecular weight excluding hydrogens is 186 g/mol. The molecule has 0 saturated heterocycles. The fraction of sp³-hybridized carbons (Fsp3) is 0.538. The first-order valence-corrected chi connectivity index (χ1v) is 5.27. The zero-order chi connectivity index (χ0) is 11.6. The summed E-state index contributed by atoms with van der Waals surface area (Å²) >= 11 is 0. The van der Waals surface area contributed by atoms with E-state index in [1.165, 1.54) is 16.7 Å². The van der Waals surface area contributed by atoms with Crippen molar-refractivity contribution in [3.8, 4) is 5.75 Å². The number of nitrogens with two attached hydrogens (primary N) is 1. The molecule has 1 aromatic rings. The van der Waals surface area contributed by atoms with Crippen LogP contribution in [0.25, 0.3) is 0 Å². The lowest BCUT2D eigenvalue weighted by Crippen LogP contribution is -2.34. The molecule has 0 bridgehead atoms. The van der Waals surface area contributed by atoms with Gasteiger partial charge in [0.25, 0.3) is 0 Å². The molecule has 2 nitrogen and oxygen atoms in total. The quantitative estimate of drug-likeness (QED) is 0.827. The third-order valence-electron chi connectivity index (χ3n) is 2.72. The van der Waals surface area contributed by atoms with Crippen LogP contribution in [0.5, 0.6) is 5.75 Å². The molecule has 0 atom stereocenters. The zero-order valence-electron chi connectivity index (χ0n) is 10.3.